The molecule has 0 amide bonds. The number of likely N-dealkylation sites (N-methyl/N-ethyl adjacent to an activating group) is 2. The number of unbranched alkanes of at least 4 members (excludes halogenated alkanes) is 2. The van der Waals surface area contributed by atoms with Gasteiger partial charge in [0.05, 0.1) is 13.2 Å². The van der Waals surface area contributed by atoms with Gasteiger partial charge in [-0.25, -0.2) is 0 Å². The first-order valence-corrected chi connectivity index (χ1v) is 34.2. The molecule has 0 bridgehead atoms. The Kier molecular flexibility index (Phi) is 68.5. The molecule has 0 aliphatic rings. The van der Waals surface area contributed by atoms with Gasteiger partial charge in [0.15, 0.2) is 0 Å². The van der Waals surface area contributed by atoms with Crippen molar-refractivity contribution in [2.24, 2.45) is 0 Å². The van der Waals surface area contributed by atoms with E-state index in [9.17, 15) is 9.59 Å². The number of carbonyl (C=O) groups is 3. The molecule has 0 aromatic heterocycles. The summed E-state index contributed by atoms with van der Waals surface area (Å²) in [7, 11) is 0. The second kappa shape index (κ2) is 69.9. The van der Waals surface area contributed by atoms with Crippen LogP contribution in [0.5, 0.6) is 0 Å². The number of allylic oxidation sites excluding steroid dienone is 20. The van der Waals surface area contributed by atoms with Crippen molar-refractivity contribution >= 4 is 30.0 Å². The van der Waals surface area contributed by atoms with Crippen molar-refractivity contribution in [2.75, 3.05) is 65.0 Å². The van der Waals surface area contributed by atoms with Crippen molar-refractivity contribution in [3.05, 3.63) is 264 Å². The maximum atomic E-state index is 12.2. The summed E-state index contributed by atoms with van der Waals surface area (Å²) in [6, 6.07) is 37.7. The number of nitrogens with zero attached hydrogens (tertiary/aromatic N) is 2. The van der Waals surface area contributed by atoms with Crippen molar-refractivity contribution in [2.45, 2.75) is 156 Å². The molecule has 0 saturated carbocycles. The van der Waals surface area contributed by atoms with E-state index in [0.717, 1.165) is 128 Å². The minimum atomic E-state index is -0.715. The van der Waals surface area contributed by atoms with Crippen LogP contribution >= 0.6 is 11.6 Å². The number of carboxylic acids is 1. The minimum absolute atomic E-state index is 0. The molecule has 0 saturated heterocycles. The molecule has 0 fully saturated rings. The third-order valence-corrected chi connectivity index (χ3v) is 14.5. The molecule has 0 aliphatic heterocycles. The molecule has 0 aliphatic carbocycles. The summed E-state index contributed by atoms with van der Waals surface area (Å²) in [5.74, 6) is -0.172. The molecular weight excluding hydrogens is 1260 g/mol. The largest absolute Gasteiger partial charge is 1.00 e. The Hall–Kier alpha value is -3.95. The van der Waals surface area contributed by atoms with Gasteiger partial charge in [-0.3, -0.25) is 19.3 Å². The zero-order valence-electron chi connectivity index (χ0n) is 60.0. The number of hydrogen-bond donors (Lipinski definition) is 1. The minimum Gasteiger partial charge on any atom is -1.00 e. The molecule has 4 aromatic carbocycles. The molecule has 14 heteroatoms. The number of esters is 1. The Balaban J connectivity index is -0.00000140. The fourth-order valence-corrected chi connectivity index (χ4v) is 9.40. The van der Waals surface area contributed by atoms with Crippen LogP contribution in [-0.4, -0.2) is 98.3 Å². The molecule has 2 atom stereocenters. The van der Waals surface area contributed by atoms with E-state index in [-0.39, 0.29) is 135 Å². The fourth-order valence-electron chi connectivity index (χ4n) is 9.16. The second-order valence-corrected chi connectivity index (χ2v) is 22.0. The standard InChI is InChI=1S/C40H55NO3.C20H26ClNO.C20H30O2.CH2O3.2K.H/c1-4-6-7-8-9-10-11-12-13-14-15-16-17-18-19-20-24-31-39(42)43-34-32-41(5-2)33-35-44-40(37-28-22-21-23-29-37)38-30-26-25-27-36(38)3;1-3-22(14-13-21)15-16-23-20(18-10-5-4-6-11-18)19-12-8-7-9-17(19)2;1-2-3-4-5-6-7-8-9-10-11-12-13-14-15-16-17-18-19-20(21)22;2-1-4-3;;;/h6-7,9-10,12-13,15-16,18-19,21-23,25-30,40H,4-5,8,11,14,17,20,24,31-35H2,1-3H3;4-12,20H,3,13-16H2,1-2H3;3-4,6-7,9-10,12-13,15-16H,2,5,8,11,14,17-19H2,1H3,(H,21,22);1,3H;;;/q;;;;2*+1;-1/p-1/b7-6-,10-9-,13-12-,16-15-,19-18-;;4-3-,7-6-,10-9-,13-12-,16-15-;;;;. The first kappa shape index (κ1) is 93.1. The Labute approximate surface area is 665 Å². The number of aryl methyl sites for hydroxylation is 2. The van der Waals surface area contributed by atoms with Crippen molar-refractivity contribution in [3.8, 4) is 0 Å². The average Bonchev–Trinajstić information content (AvgIpc) is 0.904. The summed E-state index contributed by atoms with van der Waals surface area (Å²) < 4.78 is 18.2. The van der Waals surface area contributed by atoms with Gasteiger partial charge in [0.2, 0.25) is 0 Å². The number of carboxylic acid groups (broad SMARTS) is 1. The molecule has 4 rings (SSSR count). The zero-order valence-corrected chi connectivity index (χ0v) is 66.0. The zero-order chi connectivity index (χ0) is 67.7. The van der Waals surface area contributed by atoms with Crippen LogP contribution in [-0.2, 0) is 33.5 Å². The van der Waals surface area contributed by atoms with Gasteiger partial charge in [-0.2, -0.15) is 0 Å². The van der Waals surface area contributed by atoms with E-state index in [1.165, 1.54) is 27.8 Å². The van der Waals surface area contributed by atoms with Crippen LogP contribution in [0, 0.1) is 13.8 Å². The smallest absolute Gasteiger partial charge is 1.00 e. The molecular formula is C81H113ClK2N2O9. The monoisotopic (exact) mass is 1370 g/mol. The van der Waals surface area contributed by atoms with Gasteiger partial charge in [0.25, 0.3) is 6.47 Å². The number of ether oxygens (including phenoxy) is 3. The van der Waals surface area contributed by atoms with Gasteiger partial charge in [-0.05, 0) is 150 Å². The van der Waals surface area contributed by atoms with Crippen LogP contribution in [0.25, 0.3) is 0 Å². The maximum Gasteiger partial charge on any atom is 1.00 e. The van der Waals surface area contributed by atoms with Crippen LogP contribution in [0.4, 0.5) is 0 Å². The summed E-state index contributed by atoms with van der Waals surface area (Å²) in [5.41, 5.74) is 7.27. The number of carbonyl (C=O) groups excluding carboxylic acids is 2. The number of benzene rings is 4. The van der Waals surface area contributed by atoms with Crippen LogP contribution in [0.1, 0.15) is 177 Å². The van der Waals surface area contributed by atoms with Crippen LogP contribution in [0.15, 0.2) is 231 Å². The van der Waals surface area contributed by atoms with Crippen molar-refractivity contribution < 1.29 is 148 Å². The summed E-state index contributed by atoms with van der Waals surface area (Å²) in [5, 5.41) is 16.9. The fraction of sp³-hybridized carbons (Fsp3) is 0.420. The molecule has 0 heterocycles. The Morgan fingerprint density at radius 2 is 0.789 bits per heavy atom. The molecule has 95 heavy (non-hydrogen) atoms. The average molecular weight is 1370 g/mol. The van der Waals surface area contributed by atoms with Crippen molar-refractivity contribution in [3.63, 3.8) is 0 Å². The first-order valence-electron chi connectivity index (χ1n) is 33.6. The summed E-state index contributed by atoms with van der Waals surface area (Å²) in [4.78, 5) is 38.3. The number of hydrogen-bond acceptors (Lipinski definition) is 10. The number of aliphatic carboxylic acids is 1. The molecule has 510 valence electrons. The first-order chi connectivity index (χ1) is 45.6. The van der Waals surface area contributed by atoms with E-state index in [1.54, 1.807) is 0 Å². The van der Waals surface area contributed by atoms with E-state index >= 15 is 0 Å². The van der Waals surface area contributed by atoms with E-state index in [0.29, 0.717) is 38.7 Å². The SMILES string of the molecule is CC/C=C\C/C=C\C/C=C\C/C=C\C/C=C\CCCC(=O)O.CC/C=C\C/C=C\C/C=C\C/C=C\C/C=C\CCCC(=O)OCCN(CC)CCOC(c1ccccc1)c1ccccc1C.CCN(CCCl)CCOC(c1ccccc1)c1ccccc1C.O=CO[O-].[H-].[K+].[K+]. The quantitative estimate of drug-likeness (QED) is 0.00661. The Morgan fingerprint density at radius 3 is 1.12 bits per heavy atom. The predicted molar refractivity (Wildman–Crippen MR) is 389 cm³/mol. The maximum absolute atomic E-state index is 12.2. The molecule has 0 radical (unpaired) electrons. The van der Waals surface area contributed by atoms with Gasteiger partial charge < -0.3 is 35.8 Å². The summed E-state index contributed by atoms with van der Waals surface area (Å²) in [6.45, 7) is 19.6. The Bertz CT molecular complexity index is 2790. The second-order valence-electron chi connectivity index (χ2n) is 21.6. The molecule has 2 unspecified atom stereocenters. The predicted octanol–water partition coefficient (Wildman–Crippen LogP) is 13.1. The van der Waals surface area contributed by atoms with E-state index in [1.807, 2.05) is 12.1 Å². The number of rotatable bonds is 46. The van der Waals surface area contributed by atoms with Crippen LogP contribution < -0.4 is 108 Å². The van der Waals surface area contributed by atoms with Crippen molar-refractivity contribution in [1.82, 2.24) is 9.80 Å². The van der Waals surface area contributed by atoms with E-state index in [4.69, 9.17) is 41.0 Å². The van der Waals surface area contributed by atoms with Gasteiger partial charge in [0, 0.05) is 44.9 Å². The molecule has 4 aromatic rings. The van der Waals surface area contributed by atoms with Crippen LogP contribution in [0.3, 0.4) is 0 Å². The summed E-state index contributed by atoms with van der Waals surface area (Å²) in [6.07, 6.45) is 57.5. The number of halogens is 1. The molecule has 0 spiro atoms. The molecule has 1 N–H and O–H groups in total. The summed E-state index contributed by atoms with van der Waals surface area (Å²) >= 11 is 5.85. The normalized spacial score (nSPS) is 12.2. The van der Waals surface area contributed by atoms with Gasteiger partial charge >= 0.3 is 115 Å². The van der Waals surface area contributed by atoms with Crippen LogP contribution in [0.2, 0.25) is 0 Å². The van der Waals surface area contributed by atoms with Gasteiger partial charge in [-0.1, -0.05) is 258 Å². The van der Waals surface area contributed by atoms with Gasteiger partial charge in [0.1, 0.15) is 18.8 Å². The van der Waals surface area contributed by atoms with E-state index < -0.39 is 5.97 Å². The van der Waals surface area contributed by atoms with E-state index in [2.05, 4.69) is 275 Å². The third-order valence-electron chi connectivity index (χ3n) is 14.4. The number of alkyl halides is 1. The van der Waals surface area contributed by atoms with Gasteiger partial charge in [-0.15, -0.1) is 11.6 Å². The topological polar surface area (TPSA) is 138 Å². The Morgan fingerprint density at radius 1 is 0.474 bits per heavy atom. The van der Waals surface area contributed by atoms with Crippen molar-refractivity contribution in [1.29, 1.82) is 0 Å². The molecule has 11 nitrogen and oxygen atoms in total. The third kappa shape index (κ3) is 53.7.